The molecule has 0 aliphatic rings. The third kappa shape index (κ3) is 6.48. The maximum Gasteiger partial charge on any atom is 0.411 e. The Hall–Kier alpha value is -1.08. The number of nitrogens with zero attached hydrogens (tertiary/aromatic N) is 2. The van der Waals surface area contributed by atoms with Crippen molar-refractivity contribution < 1.29 is 17.9 Å². The standard InChI is InChI=1S/C14H24F3N3O/c1-4-11-8-13(20(5-2)19-11)9-12(18-3)6-7-21-10-14(15,16)17/h8,12,18H,4-7,9-10H2,1-3H3. The molecular weight excluding hydrogens is 283 g/mol. The van der Waals surface area contributed by atoms with Crippen LogP contribution < -0.4 is 5.32 Å². The van der Waals surface area contributed by atoms with E-state index in [0.29, 0.717) is 6.42 Å². The summed E-state index contributed by atoms with van der Waals surface area (Å²) in [6.07, 6.45) is -2.12. The highest BCUT2D eigenvalue weighted by Crippen LogP contribution is 2.15. The number of rotatable bonds is 9. The van der Waals surface area contributed by atoms with Crippen LogP contribution in [0.15, 0.2) is 6.07 Å². The van der Waals surface area contributed by atoms with Gasteiger partial charge in [0.05, 0.1) is 5.69 Å². The van der Waals surface area contributed by atoms with E-state index in [1.165, 1.54) is 0 Å². The van der Waals surface area contributed by atoms with Crippen molar-refractivity contribution in [1.29, 1.82) is 0 Å². The first kappa shape index (κ1) is 18.0. The molecule has 7 heteroatoms. The summed E-state index contributed by atoms with van der Waals surface area (Å²) in [4.78, 5) is 0. The Bertz CT molecular complexity index is 418. The summed E-state index contributed by atoms with van der Waals surface area (Å²) in [5.41, 5.74) is 2.14. The number of likely N-dealkylation sites (N-methyl/N-ethyl adjacent to an activating group) is 1. The number of halogens is 3. The van der Waals surface area contributed by atoms with Crippen molar-refractivity contribution >= 4 is 0 Å². The second kappa shape index (κ2) is 8.38. The van der Waals surface area contributed by atoms with E-state index in [0.717, 1.165) is 30.8 Å². The van der Waals surface area contributed by atoms with Crippen LogP contribution in [0.1, 0.15) is 31.7 Å². The molecule has 1 unspecified atom stereocenters. The van der Waals surface area contributed by atoms with Gasteiger partial charge in [-0.2, -0.15) is 18.3 Å². The summed E-state index contributed by atoms with van der Waals surface area (Å²) in [5.74, 6) is 0. The molecule has 1 N–H and O–H groups in total. The Balaban J connectivity index is 2.48. The van der Waals surface area contributed by atoms with Gasteiger partial charge in [0, 0.05) is 31.3 Å². The van der Waals surface area contributed by atoms with Gasteiger partial charge in [-0.05, 0) is 32.9 Å². The fourth-order valence-corrected chi connectivity index (χ4v) is 2.14. The Morgan fingerprint density at radius 2 is 2.10 bits per heavy atom. The van der Waals surface area contributed by atoms with Crippen molar-refractivity contribution in [2.45, 2.75) is 51.9 Å². The number of aromatic nitrogens is 2. The lowest BCUT2D eigenvalue weighted by Crippen LogP contribution is -2.30. The minimum Gasteiger partial charge on any atom is -0.372 e. The summed E-state index contributed by atoms with van der Waals surface area (Å²) >= 11 is 0. The number of nitrogens with one attached hydrogen (secondary N) is 1. The SMILES string of the molecule is CCc1cc(CC(CCOCC(F)(F)F)NC)n(CC)n1. The van der Waals surface area contributed by atoms with Crippen LogP contribution in [0.3, 0.4) is 0 Å². The van der Waals surface area contributed by atoms with E-state index in [-0.39, 0.29) is 12.6 Å². The molecule has 1 aromatic rings. The average molecular weight is 307 g/mol. The maximum atomic E-state index is 12.0. The second-order valence-electron chi connectivity index (χ2n) is 4.94. The third-order valence-electron chi connectivity index (χ3n) is 3.32. The summed E-state index contributed by atoms with van der Waals surface area (Å²) < 4.78 is 42.6. The van der Waals surface area contributed by atoms with Crippen molar-refractivity contribution in [3.63, 3.8) is 0 Å². The topological polar surface area (TPSA) is 39.1 Å². The van der Waals surface area contributed by atoms with Gasteiger partial charge in [-0.25, -0.2) is 0 Å². The van der Waals surface area contributed by atoms with Crippen molar-refractivity contribution in [2.24, 2.45) is 0 Å². The monoisotopic (exact) mass is 307 g/mol. The van der Waals surface area contributed by atoms with E-state index in [1.807, 2.05) is 25.6 Å². The zero-order valence-electron chi connectivity index (χ0n) is 12.8. The van der Waals surface area contributed by atoms with Crippen LogP contribution in [0.2, 0.25) is 0 Å². The summed E-state index contributed by atoms with van der Waals surface area (Å²) in [5, 5.41) is 7.60. The quantitative estimate of drug-likeness (QED) is 0.713. The van der Waals surface area contributed by atoms with Crippen LogP contribution in [-0.2, 0) is 24.1 Å². The predicted molar refractivity (Wildman–Crippen MR) is 75.3 cm³/mol. The third-order valence-corrected chi connectivity index (χ3v) is 3.32. The first-order valence-electron chi connectivity index (χ1n) is 7.27. The van der Waals surface area contributed by atoms with Gasteiger partial charge in [-0.15, -0.1) is 0 Å². The molecule has 0 aliphatic heterocycles. The highest BCUT2D eigenvalue weighted by atomic mass is 19.4. The minimum absolute atomic E-state index is 0.0740. The molecule has 0 radical (unpaired) electrons. The number of aryl methyl sites for hydroxylation is 2. The second-order valence-corrected chi connectivity index (χ2v) is 4.94. The van der Waals surface area contributed by atoms with E-state index < -0.39 is 12.8 Å². The van der Waals surface area contributed by atoms with Crippen LogP contribution in [0, 0.1) is 0 Å². The highest BCUT2D eigenvalue weighted by Gasteiger charge is 2.27. The van der Waals surface area contributed by atoms with E-state index in [2.05, 4.69) is 21.2 Å². The molecule has 0 fully saturated rings. The fraction of sp³-hybridized carbons (Fsp3) is 0.786. The van der Waals surface area contributed by atoms with Gasteiger partial charge in [0.2, 0.25) is 0 Å². The summed E-state index contributed by atoms with van der Waals surface area (Å²) in [7, 11) is 1.81. The van der Waals surface area contributed by atoms with Gasteiger partial charge >= 0.3 is 6.18 Å². The van der Waals surface area contributed by atoms with Crippen LogP contribution in [0.5, 0.6) is 0 Å². The summed E-state index contributed by atoms with van der Waals surface area (Å²) in [6.45, 7) is 3.77. The van der Waals surface area contributed by atoms with Gasteiger partial charge in [0.25, 0.3) is 0 Å². The van der Waals surface area contributed by atoms with E-state index in [4.69, 9.17) is 0 Å². The largest absolute Gasteiger partial charge is 0.411 e. The number of hydrogen-bond acceptors (Lipinski definition) is 3. The van der Waals surface area contributed by atoms with Crippen molar-refractivity contribution in [2.75, 3.05) is 20.3 Å². The number of hydrogen-bond donors (Lipinski definition) is 1. The summed E-state index contributed by atoms with van der Waals surface area (Å²) in [6, 6.07) is 2.13. The average Bonchev–Trinajstić information content (AvgIpc) is 2.83. The number of ether oxygens (including phenoxy) is 1. The highest BCUT2D eigenvalue weighted by molar-refractivity contribution is 5.12. The molecule has 21 heavy (non-hydrogen) atoms. The normalized spacial score (nSPS) is 13.6. The van der Waals surface area contributed by atoms with Gasteiger partial charge in [0.1, 0.15) is 6.61 Å². The molecule has 0 spiro atoms. The van der Waals surface area contributed by atoms with Gasteiger partial charge in [0.15, 0.2) is 0 Å². The molecule has 4 nitrogen and oxygen atoms in total. The van der Waals surface area contributed by atoms with Gasteiger partial charge < -0.3 is 10.1 Å². The van der Waals surface area contributed by atoms with Crippen molar-refractivity contribution in [3.05, 3.63) is 17.5 Å². The van der Waals surface area contributed by atoms with Crippen molar-refractivity contribution in [1.82, 2.24) is 15.1 Å². The maximum absolute atomic E-state index is 12.0. The van der Waals surface area contributed by atoms with Crippen LogP contribution >= 0.6 is 0 Å². The van der Waals surface area contributed by atoms with Crippen LogP contribution in [0.4, 0.5) is 13.2 Å². The molecule has 1 aromatic heterocycles. The Kier molecular flexibility index (Phi) is 7.17. The van der Waals surface area contributed by atoms with Crippen LogP contribution in [0.25, 0.3) is 0 Å². The Morgan fingerprint density at radius 3 is 2.62 bits per heavy atom. The van der Waals surface area contributed by atoms with Crippen LogP contribution in [-0.4, -0.2) is 42.3 Å². The molecule has 0 saturated heterocycles. The predicted octanol–water partition coefficient (Wildman–Crippen LogP) is 2.56. The van der Waals surface area contributed by atoms with E-state index in [9.17, 15) is 13.2 Å². The minimum atomic E-state index is -4.26. The molecule has 0 bridgehead atoms. The van der Waals surface area contributed by atoms with E-state index >= 15 is 0 Å². The molecule has 1 heterocycles. The number of alkyl halides is 3. The molecule has 0 aliphatic carbocycles. The lowest BCUT2D eigenvalue weighted by Gasteiger charge is -2.17. The zero-order valence-corrected chi connectivity index (χ0v) is 12.8. The molecular formula is C14H24F3N3O. The van der Waals surface area contributed by atoms with Gasteiger partial charge in [-0.3, -0.25) is 4.68 Å². The Labute approximate surface area is 123 Å². The smallest absolute Gasteiger partial charge is 0.372 e. The molecule has 0 saturated carbocycles. The van der Waals surface area contributed by atoms with Gasteiger partial charge in [-0.1, -0.05) is 6.92 Å². The first-order chi connectivity index (χ1) is 9.89. The molecule has 1 rings (SSSR count). The molecule has 0 aromatic carbocycles. The molecule has 122 valence electrons. The lowest BCUT2D eigenvalue weighted by atomic mass is 10.1. The Morgan fingerprint density at radius 1 is 1.38 bits per heavy atom. The molecule has 1 atom stereocenters. The van der Waals surface area contributed by atoms with Crippen molar-refractivity contribution in [3.8, 4) is 0 Å². The zero-order chi connectivity index (χ0) is 15.9. The van der Waals surface area contributed by atoms with E-state index in [1.54, 1.807) is 0 Å². The lowest BCUT2D eigenvalue weighted by molar-refractivity contribution is -0.174. The first-order valence-corrected chi connectivity index (χ1v) is 7.27. The molecule has 0 amide bonds. The fourth-order valence-electron chi connectivity index (χ4n) is 2.14.